The van der Waals surface area contributed by atoms with Crippen LogP contribution in [-0.4, -0.2) is 17.0 Å². The Bertz CT molecular complexity index is 549. The van der Waals surface area contributed by atoms with Crippen LogP contribution in [0.4, 0.5) is 8.78 Å². The SMILES string of the molecule is CNC(c1cncnc1)c1c(F)ccc(Br)c1F. The molecular formula is C12H10BrF2N3. The van der Waals surface area contributed by atoms with Gasteiger partial charge < -0.3 is 5.32 Å². The van der Waals surface area contributed by atoms with E-state index in [9.17, 15) is 8.78 Å². The van der Waals surface area contributed by atoms with Crippen LogP contribution in [0, 0.1) is 11.6 Å². The molecule has 3 nitrogen and oxygen atoms in total. The second-order valence-corrected chi connectivity index (χ2v) is 4.50. The van der Waals surface area contributed by atoms with E-state index in [2.05, 4.69) is 31.2 Å². The normalized spacial score (nSPS) is 12.4. The maximum Gasteiger partial charge on any atom is 0.145 e. The average Bonchev–Trinajstić information content (AvgIpc) is 2.40. The van der Waals surface area contributed by atoms with Gasteiger partial charge in [0.15, 0.2) is 0 Å². The zero-order valence-corrected chi connectivity index (χ0v) is 11.1. The van der Waals surface area contributed by atoms with Crippen LogP contribution in [0.5, 0.6) is 0 Å². The Morgan fingerprint density at radius 2 is 1.89 bits per heavy atom. The molecule has 0 radical (unpaired) electrons. The number of nitrogens with one attached hydrogen (secondary N) is 1. The van der Waals surface area contributed by atoms with Gasteiger partial charge >= 0.3 is 0 Å². The molecule has 0 saturated heterocycles. The lowest BCUT2D eigenvalue weighted by Crippen LogP contribution is -2.21. The molecular weight excluding hydrogens is 304 g/mol. The number of rotatable bonds is 3. The van der Waals surface area contributed by atoms with Gasteiger partial charge in [0, 0.05) is 23.5 Å². The van der Waals surface area contributed by atoms with Gasteiger partial charge in [-0.3, -0.25) is 0 Å². The number of nitrogens with zero attached hydrogens (tertiary/aromatic N) is 2. The lowest BCUT2D eigenvalue weighted by Gasteiger charge is -2.18. The van der Waals surface area contributed by atoms with Gasteiger partial charge in [-0.25, -0.2) is 18.7 Å². The number of aromatic nitrogens is 2. The van der Waals surface area contributed by atoms with Gasteiger partial charge in [0.05, 0.1) is 10.5 Å². The van der Waals surface area contributed by atoms with E-state index in [1.54, 1.807) is 7.05 Å². The van der Waals surface area contributed by atoms with Crippen LogP contribution in [0.15, 0.2) is 35.3 Å². The van der Waals surface area contributed by atoms with Crippen LogP contribution >= 0.6 is 15.9 Å². The molecule has 0 fully saturated rings. The molecule has 1 unspecified atom stereocenters. The minimum Gasteiger partial charge on any atom is -0.309 e. The third-order valence-electron chi connectivity index (χ3n) is 2.57. The van der Waals surface area contributed by atoms with Crippen molar-refractivity contribution >= 4 is 15.9 Å². The molecule has 1 heterocycles. The monoisotopic (exact) mass is 313 g/mol. The predicted octanol–water partition coefficient (Wildman–Crippen LogP) is 2.83. The van der Waals surface area contributed by atoms with Crippen molar-refractivity contribution in [2.24, 2.45) is 0 Å². The fraction of sp³-hybridized carbons (Fsp3) is 0.167. The molecule has 1 aromatic heterocycles. The van der Waals surface area contributed by atoms with Crippen LogP contribution in [0.25, 0.3) is 0 Å². The molecule has 1 N–H and O–H groups in total. The van der Waals surface area contributed by atoms with Crippen molar-refractivity contribution in [1.29, 1.82) is 0 Å². The Hall–Kier alpha value is -1.40. The van der Waals surface area contributed by atoms with Gasteiger partial charge in [0.1, 0.15) is 18.0 Å². The smallest absolute Gasteiger partial charge is 0.145 e. The summed E-state index contributed by atoms with van der Waals surface area (Å²) in [5, 5.41) is 2.86. The summed E-state index contributed by atoms with van der Waals surface area (Å²) in [5.41, 5.74) is 0.539. The van der Waals surface area contributed by atoms with Crippen LogP contribution in [0.2, 0.25) is 0 Å². The lowest BCUT2D eigenvalue weighted by atomic mass is 10.0. The molecule has 0 saturated carbocycles. The van der Waals surface area contributed by atoms with Gasteiger partial charge in [-0.15, -0.1) is 0 Å². The minimum absolute atomic E-state index is 0.0540. The van der Waals surface area contributed by atoms with E-state index in [1.165, 1.54) is 30.9 Å². The van der Waals surface area contributed by atoms with Crippen molar-refractivity contribution in [1.82, 2.24) is 15.3 Å². The third kappa shape index (κ3) is 2.39. The van der Waals surface area contributed by atoms with Gasteiger partial charge in [-0.1, -0.05) is 0 Å². The molecule has 18 heavy (non-hydrogen) atoms. The molecule has 0 bridgehead atoms. The minimum atomic E-state index is -0.635. The first-order chi connectivity index (χ1) is 8.65. The molecule has 94 valence electrons. The Morgan fingerprint density at radius 1 is 1.22 bits per heavy atom. The zero-order valence-electron chi connectivity index (χ0n) is 9.49. The molecule has 1 atom stereocenters. The Labute approximate surface area is 111 Å². The predicted molar refractivity (Wildman–Crippen MR) is 67.0 cm³/mol. The summed E-state index contributed by atoms with van der Waals surface area (Å²) in [6, 6.07) is 1.92. The highest BCUT2D eigenvalue weighted by Gasteiger charge is 2.22. The summed E-state index contributed by atoms with van der Waals surface area (Å²) in [7, 11) is 1.62. The summed E-state index contributed by atoms with van der Waals surface area (Å²) < 4.78 is 28.0. The highest BCUT2D eigenvalue weighted by molar-refractivity contribution is 9.10. The largest absolute Gasteiger partial charge is 0.309 e. The van der Waals surface area contributed by atoms with E-state index in [0.29, 0.717) is 5.56 Å². The Kier molecular flexibility index (Phi) is 3.98. The summed E-state index contributed by atoms with van der Waals surface area (Å²) in [6.45, 7) is 0. The van der Waals surface area contributed by atoms with E-state index in [0.717, 1.165) is 0 Å². The first kappa shape index (κ1) is 13.0. The molecule has 0 aliphatic rings. The average molecular weight is 314 g/mol. The number of hydrogen-bond donors (Lipinski definition) is 1. The van der Waals surface area contributed by atoms with Crippen molar-refractivity contribution in [2.45, 2.75) is 6.04 Å². The van der Waals surface area contributed by atoms with Crippen LogP contribution < -0.4 is 5.32 Å². The Balaban J connectivity index is 2.56. The van der Waals surface area contributed by atoms with E-state index in [1.807, 2.05) is 0 Å². The topological polar surface area (TPSA) is 37.8 Å². The Morgan fingerprint density at radius 3 is 2.50 bits per heavy atom. The van der Waals surface area contributed by atoms with Gasteiger partial charge in [0.25, 0.3) is 0 Å². The fourth-order valence-corrected chi connectivity index (χ4v) is 2.09. The van der Waals surface area contributed by atoms with Crippen LogP contribution in [0.3, 0.4) is 0 Å². The van der Waals surface area contributed by atoms with Crippen LogP contribution in [-0.2, 0) is 0 Å². The van der Waals surface area contributed by atoms with Gasteiger partial charge in [-0.05, 0) is 35.1 Å². The molecule has 6 heteroatoms. The molecule has 0 aliphatic carbocycles. The molecule has 2 aromatic rings. The molecule has 0 aliphatic heterocycles. The first-order valence-electron chi connectivity index (χ1n) is 5.20. The summed E-state index contributed by atoms with van der Waals surface area (Å²) in [4.78, 5) is 7.71. The standard InChI is InChI=1S/C12H10BrF2N3/c1-16-12(7-4-17-6-18-5-7)10-9(14)3-2-8(13)11(10)15/h2-6,12,16H,1H3. The van der Waals surface area contributed by atoms with Crippen molar-refractivity contribution in [2.75, 3.05) is 7.05 Å². The van der Waals surface area contributed by atoms with E-state index < -0.39 is 17.7 Å². The molecule has 2 rings (SSSR count). The van der Waals surface area contributed by atoms with Gasteiger partial charge in [0.2, 0.25) is 0 Å². The molecule has 0 spiro atoms. The first-order valence-corrected chi connectivity index (χ1v) is 6.00. The summed E-state index contributed by atoms with van der Waals surface area (Å²) in [5.74, 6) is -1.24. The second-order valence-electron chi connectivity index (χ2n) is 3.65. The zero-order chi connectivity index (χ0) is 13.1. The van der Waals surface area contributed by atoms with E-state index >= 15 is 0 Å². The number of hydrogen-bond acceptors (Lipinski definition) is 3. The van der Waals surface area contributed by atoms with Crippen molar-refractivity contribution in [3.8, 4) is 0 Å². The summed E-state index contributed by atoms with van der Waals surface area (Å²) >= 11 is 3.05. The third-order valence-corrected chi connectivity index (χ3v) is 3.18. The highest BCUT2D eigenvalue weighted by Crippen LogP contribution is 2.29. The van der Waals surface area contributed by atoms with E-state index in [-0.39, 0.29) is 10.0 Å². The molecule has 1 aromatic carbocycles. The maximum absolute atomic E-state index is 14.0. The van der Waals surface area contributed by atoms with Crippen molar-refractivity contribution in [3.05, 3.63) is 58.1 Å². The van der Waals surface area contributed by atoms with Gasteiger partial charge in [-0.2, -0.15) is 0 Å². The second kappa shape index (κ2) is 5.49. The number of benzene rings is 1. The highest BCUT2D eigenvalue weighted by atomic mass is 79.9. The van der Waals surface area contributed by atoms with Crippen molar-refractivity contribution in [3.63, 3.8) is 0 Å². The van der Waals surface area contributed by atoms with E-state index in [4.69, 9.17) is 0 Å². The number of halogens is 3. The van der Waals surface area contributed by atoms with Crippen LogP contribution in [0.1, 0.15) is 17.2 Å². The fourth-order valence-electron chi connectivity index (χ4n) is 1.74. The summed E-state index contributed by atoms with van der Waals surface area (Å²) in [6.07, 6.45) is 4.41. The maximum atomic E-state index is 14.0. The quantitative estimate of drug-likeness (QED) is 0.885. The lowest BCUT2D eigenvalue weighted by molar-refractivity contribution is 0.517. The van der Waals surface area contributed by atoms with Crippen molar-refractivity contribution < 1.29 is 8.78 Å². The molecule has 0 amide bonds.